The molecular formula is C24H34N2O3S. The molecule has 3 rings (SSSR count). The lowest BCUT2D eigenvalue weighted by molar-refractivity contribution is 0.189. The van der Waals surface area contributed by atoms with Crippen molar-refractivity contribution in [2.24, 2.45) is 0 Å². The SMILES string of the molecule is CCCN(CCC)C1CCN(S(=O)(=O)c2ccc(C)cc2)c2ccc(OC)cc2C1. The fourth-order valence-corrected chi connectivity index (χ4v) is 5.81. The minimum absolute atomic E-state index is 0.314. The lowest BCUT2D eigenvalue weighted by Gasteiger charge is -2.30. The molecule has 0 spiro atoms. The van der Waals surface area contributed by atoms with Crippen LogP contribution in [0.1, 0.15) is 44.2 Å². The number of aryl methyl sites for hydroxylation is 1. The Balaban J connectivity index is 2.03. The van der Waals surface area contributed by atoms with E-state index in [1.165, 1.54) is 0 Å². The van der Waals surface area contributed by atoms with Gasteiger partial charge in [-0.3, -0.25) is 4.31 Å². The molecule has 2 aromatic carbocycles. The first-order chi connectivity index (χ1) is 14.4. The Hall–Kier alpha value is -2.05. The summed E-state index contributed by atoms with van der Waals surface area (Å²) in [5.41, 5.74) is 2.85. The highest BCUT2D eigenvalue weighted by Crippen LogP contribution is 2.35. The van der Waals surface area contributed by atoms with Crippen LogP contribution in [-0.4, -0.2) is 46.1 Å². The number of rotatable bonds is 8. The van der Waals surface area contributed by atoms with Gasteiger partial charge in [-0.15, -0.1) is 0 Å². The molecule has 0 aromatic heterocycles. The van der Waals surface area contributed by atoms with Crippen LogP contribution in [0.2, 0.25) is 0 Å². The summed E-state index contributed by atoms with van der Waals surface area (Å²) in [4.78, 5) is 2.86. The molecule has 0 saturated heterocycles. The molecule has 1 aliphatic heterocycles. The highest BCUT2D eigenvalue weighted by Gasteiger charge is 2.32. The highest BCUT2D eigenvalue weighted by molar-refractivity contribution is 7.92. The molecule has 1 unspecified atom stereocenters. The molecule has 6 heteroatoms. The Kier molecular flexibility index (Phi) is 7.42. The lowest BCUT2D eigenvalue weighted by Crippen LogP contribution is -2.39. The van der Waals surface area contributed by atoms with E-state index < -0.39 is 10.0 Å². The lowest BCUT2D eigenvalue weighted by atomic mass is 10.0. The fourth-order valence-electron chi connectivity index (χ4n) is 4.29. The minimum Gasteiger partial charge on any atom is -0.497 e. The summed E-state index contributed by atoms with van der Waals surface area (Å²) in [5.74, 6) is 0.764. The maximum Gasteiger partial charge on any atom is 0.264 e. The van der Waals surface area contributed by atoms with Gasteiger partial charge in [-0.2, -0.15) is 0 Å². The van der Waals surface area contributed by atoms with Crippen molar-refractivity contribution in [2.75, 3.05) is 31.0 Å². The van der Waals surface area contributed by atoms with Crippen LogP contribution in [0.4, 0.5) is 5.69 Å². The first-order valence-corrected chi connectivity index (χ1v) is 12.3. The maximum absolute atomic E-state index is 13.6. The highest BCUT2D eigenvalue weighted by atomic mass is 32.2. The summed E-state index contributed by atoms with van der Waals surface area (Å²) < 4.78 is 34.2. The summed E-state index contributed by atoms with van der Waals surface area (Å²) in [5, 5.41) is 0. The Morgan fingerprint density at radius 3 is 2.33 bits per heavy atom. The van der Waals surface area contributed by atoms with Crippen LogP contribution < -0.4 is 9.04 Å². The molecule has 1 atom stereocenters. The average Bonchev–Trinajstić information content (AvgIpc) is 2.93. The van der Waals surface area contributed by atoms with Gasteiger partial charge in [0.25, 0.3) is 10.0 Å². The van der Waals surface area contributed by atoms with Gasteiger partial charge < -0.3 is 9.64 Å². The Morgan fingerprint density at radius 2 is 1.73 bits per heavy atom. The van der Waals surface area contributed by atoms with Gasteiger partial charge in [0, 0.05) is 12.6 Å². The molecular weight excluding hydrogens is 396 g/mol. The van der Waals surface area contributed by atoms with E-state index >= 15 is 0 Å². The molecule has 0 radical (unpaired) electrons. The summed E-state index contributed by atoms with van der Waals surface area (Å²) in [6, 6.07) is 13.2. The first kappa shape index (κ1) is 22.6. The van der Waals surface area contributed by atoms with E-state index in [1.54, 1.807) is 23.5 Å². The van der Waals surface area contributed by atoms with Gasteiger partial charge in [0.05, 0.1) is 17.7 Å². The van der Waals surface area contributed by atoms with E-state index in [-0.39, 0.29) is 0 Å². The largest absolute Gasteiger partial charge is 0.497 e. The normalized spacial score (nSPS) is 17.0. The number of ether oxygens (including phenoxy) is 1. The molecule has 1 heterocycles. The van der Waals surface area contributed by atoms with E-state index in [9.17, 15) is 8.42 Å². The predicted molar refractivity (Wildman–Crippen MR) is 123 cm³/mol. The Labute approximate surface area is 181 Å². The number of nitrogens with zero attached hydrogens (tertiary/aromatic N) is 2. The van der Waals surface area contributed by atoms with Crippen molar-refractivity contribution >= 4 is 15.7 Å². The molecule has 164 valence electrons. The number of methoxy groups -OCH3 is 1. The molecule has 1 aliphatic rings. The second kappa shape index (κ2) is 9.84. The van der Waals surface area contributed by atoms with E-state index in [0.29, 0.717) is 17.5 Å². The van der Waals surface area contributed by atoms with Crippen molar-refractivity contribution < 1.29 is 13.2 Å². The third kappa shape index (κ3) is 4.81. The monoisotopic (exact) mass is 430 g/mol. The van der Waals surface area contributed by atoms with Crippen LogP contribution in [0.5, 0.6) is 5.75 Å². The van der Waals surface area contributed by atoms with Gasteiger partial charge in [0.2, 0.25) is 0 Å². The molecule has 0 aliphatic carbocycles. The van der Waals surface area contributed by atoms with E-state index in [2.05, 4.69) is 18.7 Å². The van der Waals surface area contributed by atoms with Gasteiger partial charge in [-0.05, 0) is 81.6 Å². The number of fused-ring (bicyclic) bond motifs is 1. The molecule has 0 N–H and O–H groups in total. The standard InChI is InChI=1S/C24H34N2O3S/c1-5-14-25(15-6-2)21-13-16-26(24-12-9-22(29-4)18-20(24)17-21)30(27,28)23-10-7-19(3)8-11-23/h7-12,18,21H,5-6,13-17H2,1-4H3. The molecule has 5 nitrogen and oxygen atoms in total. The topological polar surface area (TPSA) is 49.9 Å². The zero-order valence-electron chi connectivity index (χ0n) is 18.6. The third-order valence-electron chi connectivity index (χ3n) is 5.82. The van der Waals surface area contributed by atoms with E-state index in [0.717, 1.165) is 61.3 Å². The number of sulfonamides is 1. The summed E-state index contributed by atoms with van der Waals surface area (Å²) in [7, 11) is -1.98. The molecule has 0 saturated carbocycles. The van der Waals surface area contributed by atoms with Crippen LogP contribution in [0.25, 0.3) is 0 Å². The van der Waals surface area contributed by atoms with E-state index in [1.807, 2.05) is 37.3 Å². The van der Waals surface area contributed by atoms with Crippen molar-refractivity contribution in [3.63, 3.8) is 0 Å². The summed E-state index contributed by atoms with van der Waals surface area (Å²) in [6.07, 6.45) is 3.81. The van der Waals surface area contributed by atoms with Crippen molar-refractivity contribution in [1.82, 2.24) is 4.90 Å². The number of benzene rings is 2. The quantitative estimate of drug-likeness (QED) is 0.612. The van der Waals surface area contributed by atoms with Gasteiger partial charge in [0.15, 0.2) is 0 Å². The fraction of sp³-hybridized carbons (Fsp3) is 0.500. The average molecular weight is 431 g/mol. The van der Waals surface area contributed by atoms with Crippen LogP contribution in [0.3, 0.4) is 0 Å². The summed E-state index contributed by atoms with van der Waals surface area (Å²) in [6.45, 7) is 8.90. The Morgan fingerprint density at radius 1 is 1.07 bits per heavy atom. The maximum atomic E-state index is 13.6. The predicted octanol–water partition coefficient (Wildman–Crippen LogP) is 4.64. The van der Waals surface area contributed by atoms with Crippen molar-refractivity contribution in [2.45, 2.75) is 57.4 Å². The second-order valence-electron chi connectivity index (χ2n) is 8.07. The molecule has 0 amide bonds. The van der Waals surface area contributed by atoms with Crippen molar-refractivity contribution in [3.8, 4) is 5.75 Å². The van der Waals surface area contributed by atoms with Crippen LogP contribution >= 0.6 is 0 Å². The second-order valence-corrected chi connectivity index (χ2v) is 9.93. The summed E-state index contributed by atoms with van der Waals surface area (Å²) >= 11 is 0. The van der Waals surface area contributed by atoms with Gasteiger partial charge in [0.1, 0.15) is 5.75 Å². The minimum atomic E-state index is -3.63. The van der Waals surface area contributed by atoms with Crippen LogP contribution in [-0.2, 0) is 16.4 Å². The zero-order valence-corrected chi connectivity index (χ0v) is 19.4. The van der Waals surface area contributed by atoms with Crippen LogP contribution in [0, 0.1) is 6.92 Å². The number of anilines is 1. The number of hydrogen-bond donors (Lipinski definition) is 0. The van der Waals surface area contributed by atoms with Crippen molar-refractivity contribution in [3.05, 3.63) is 53.6 Å². The molecule has 0 fully saturated rings. The molecule has 2 aromatic rings. The molecule has 30 heavy (non-hydrogen) atoms. The third-order valence-corrected chi connectivity index (χ3v) is 7.65. The zero-order chi connectivity index (χ0) is 21.7. The van der Waals surface area contributed by atoms with Gasteiger partial charge in [-0.25, -0.2) is 8.42 Å². The molecule has 0 bridgehead atoms. The van der Waals surface area contributed by atoms with Gasteiger partial charge in [-0.1, -0.05) is 31.5 Å². The number of hydrogen-bond acceptors (Lipinski definition) is 4. The smallest absolute Gasteiger partial charge is 0.264 e. The first-order valence-electron chi connectivity index (χ1n) is 10.9. The van der Waals surface area contributed by atoms with Crippen LogP contribution in [0.15, 0.2) is 47.4 Å². The van der Waals surface area contributed by atoms with Crippen molar-refractivity contribution in [1.29, 1.82) is 0 Å². The van der Waals surface area contributed by atoms with E-state index in [4.69, 9.17) is 4.74 Å². The van der Waals surface area contributed by atoms with Gasteiger partial charge >= 0.3 is 0 Å². The Bertz CT molecular complexity index is 935.